The highest BCUT2D eigenvalue weighted by Gasteiger charge is 2.31. The van der Waals surface area contributed by atoms with Gasteiger partial charge in [-0.05, 0) is 39.1 Å². The van der Waals surface area contributed by atoms with Crippen molar-refractivity contribution in [3.63, 3.8) is 0 Å². The first-order valence-electron chi connectivity index (χ1n) is 6.32. The van der Waals surface area contributed by atoms with Gasteiger partial charge in [0.1, 0.15) is 9.09 Å². The molecule has 0 aromatic carbocycles. The van der Waals surface area contributed by atoms with Crippen LogP contribution in [0.25, 0.3) is 0 Å². The second-order valence-electron chi connectivity index (χ2n) is 5.02. The molecule has 1 aromatic heterocycles. The molecular weight excluding hydrogens is 300 g/mol. The minimum atomic E-state index is -3.55. The Balaban J connectivity index is 2.13. The molecule has 1 aliphatic heterocycles. The van der Waals surface area contributed by atoms with E-state index in [0.717, 1.165) is 24.2 Å². The van der Waals surface area contributed by atoms with Crippen molar-refractivity contribution in [2.75, 3.05) is 27.2 Å². The van der Waals surface area contributed by atoms with Gasteiger partial charge in [-0.15, -0.1) is 11.3 Å². The molecule has 1 N–H and O–H groups in total. The van der Waals surface area contributed by atoms with Crippen molar-refractivity contribution < 1.29 is 18.3 Å². The Morgan fingerprint density at radius 1 is 1.35 bits per heavy atom. The molecule has 1 aromatic rings. The van der Waals surface area contributed by atoms with Gasteiger partial charge in [-0.3, -0.25) is 0 Å². The van der Waals surface area contributed by atoms with Gasteiger partial charge in [0.05, 0.1) is 0 Å². The van der Waals surface area contributed by atoms with Gasteiger partial charge in [-0.1, -0.05) is 0 Å². The second kappa shape index (κ2) is 5.80. The Hall–Kier alpha value is -0.960. The average Bonchev–Trinajstić information content (AvgIpc) is 2.89. The fraction of sp³-hybridized carbons (Fsp3) is 0.583. The highest BCUT2D eigenvalue weighted by atomic mass is 32.2. The molecule has 1 saturated heterocycles. The largest absolute Gasteiger partial charge is 0.477 e. The average molecular weight is 318 g/mol. The van der Waals surface area contributed by atoms with E-state index in [1.54, 1.807) is 0 Å². The van der Waals surface area contributed by atoms with E-state index < -0.39 is 16.0 Å². The van der Waals surface area contributed by atoms with Crippen LogP contribution in [0, 0.1) is 0 Å². The molecular formula is C12H18N2O4S2. The fourth-order valence-corrected chi connectivity index (χ4v) is 5.07. The maximum absolute atomic E-state index is 12.4. The van der Waals surface area contributed by atoms with Crippen LogP contribution in [0.5, 0.6) is 0 Å². The second-order valence-corrected chi connectivity index (χ2v) is 8.27. The first-order valence-corrected chi connectivity index (χ1v) is 8.57. The maximum atomic E-state index is 12.4. The first-order chi connectivity index (χ1) is 9.32. The highest BCUT2D eigenvalue weighted by molar-refractivity contribution is 7.91. The summed E-state index contributed by atoms with van der Waals surface area (Å²) < 4.78 is 26.4. The van der Waals surface area contributed by atoms with Crippen molar-refractivity contribution >= 4 is 27.3 Å². The van der Waals surface area contributed by atoms with E-state index >= 15 is 0 Å². The lowest BCUT2D eigenvalue weighted by Crippen LogP contribution is -2.44. The zero-order valence-electron chi connectivity index (χ0n) is 11.4. The Morgan fingerprint density at radius 3 is 2.40 bits per heavy atom. The van der Waals surface area contributed by atoms with Crippen LogP contribution >= 0.6 is 11.3 Å². The fourth-order valence-electron chi connectivity index (χ4n) is 2.30. The van der Waals surface area contributed by atoms with E-state index in [0.29, 0.717) is 19.1 Å². The van der Waals surface area contributed by atoms with Crippen LogP contribution in [0.1, 0.15) is 22.5 Å². The molecule has 0 aliphatic carbocycles. The van der Waals surface area contributed by atoms with Gasteiger partial charge < -0.3 is 10.0 Å². The van der Waals surface area contributed by atoms with Crippen LogP contribution in [0.15, 0.2) is 16.3 Å². The summed E-state index contributed by atoms with van der Waals surface area (Å²) in [6.45, 7) is 0.955. The summed E-state index contributed by atoms with van der Waals surface area (Å²) in [5.74, 6) is -1.09. The molecule has 1 aliphatic rings. The number of sulfonamides is 1. The monoisotopic (exact) mass is 318 g/mol. The molecule has 0 radical (unpaired) electrons. The van der Waals surface area contributed by atoms with Crippen molar-refractivity contribution in [1.82, 2.24) is 9.21 Å². The van der Waals surface area contributed by atoms with Crippen LogP contribution in [0.2, 0.25) is 0 Å². The predicted molar refractivity (Wildman–Crippen MR) is 76.7 cm³/mol. The molecule has 0 amide bonds. The van der Waals surface area contributed by atoms with E-state index in [2.05, 4.69) is 4.90 Å². The van der Waals surface area contributed by atoms with Crippen molar-refractivity contribution in [2.24, 2.45) is 0 Å². The van der Waals surface area contributed by atoms with Crippen LogP contribution < -0.4 is 0 Å². The number of nitrogens with zero attached hydrogens (tertiary/aromatic N) is 2. The summed E-state index contributed by atoms with van der Waals surface area (Å²) >= 11 is 0.809. The molecule has 2 heterocycles. The van der Waals surface area contributed by atoms with Crippen molar-refractivity contribution in [2.45, 2.75) is 23.1 Å². The van der Waals surface area contributed by atoms with Gasteiger partial charge in [-0.2, -0.15) is 4.31 Å². The highest BCUT2D eigenvalue weighted by Crippen LogP contribution is 2.27. The number of thiophene rings is 1. The van der Waals surface area contributed by atoms with Crippen molar-refractivity contribution in [1.29, 1.82) is 0 Å². The molecule has 2 rings (SSSR count). The summed E-state index contributed by atoms with van der Waals surface area (Å²) in [5.41, 5.74) is 0. The number of aromatic carboxylic acids is 1. The summed E-state index contributed by atoms with van der Waals surface area (Å²) in [6, 6.07) is 3.12. The quantitative estimate of drug-likeness (QED) is 0.901. The lowest BCUT2D eigenvalue weighted by molar-refractivity contribution is 0.0702. The third kappa shape index (κ3) is 3.03. The molecule has 0 spiro atoms. The Labute approximate surface area is 122 Å². The Morgan fingerprint density at radius 2 is 1.95 bits per heavy atom. The summed E-state index contributed by atoms with van der Waals surface area (Å²) in [5, 5.41) is 8.87. The number of carbonyl (C=O) groups is 1. The van der Waals surface area contributed by atoms with E-state index in [9.17, 15) is 13.2 Å². The molecule has 0 atom stereocenters. The minimum Gasteiger partial charge on any atom is -0.477 e. The Kier molecular flexibility index (Phi) is 4.48. The molecule has 112 valence electrons. The van der Waals surface area contributed by atoms with E-state index in [4.69, 9.17) is 5.11 Å². The van der Waals surface area contributed by atoms with Crippen LogP contribution in [0.4, 0.5) is 0 Å². The van der Waals surface area contributed by atoms with E-state index in [1.165, 1.54) is 16.4 Å². The molecule has 1 fully saturated rings. The lowest BCUT2D eigenvalue weighted by Gasteiger charge is -2.34. The molecule has 0 bridgehead atoms. The maximum Gasteiger partial charge on any atom is 0.345 e. The number of carboxylic acid groups (broad SMARTS) is 1. The van der Waals surface area contributed by atoms with Gasteiger partial charge in [0.2, 0.25) is 0 Å². The molecule has 0 unspecified atom stereocenters. The zero-order valence-corrected chi connectivity index (χ0v) is 13.1. The SMILES string of the molecule is CN(C)C1CCN(S(=O)(=O)c2ccc(C(=O)O)s2)CC1. The van der Waals surface area contributed by atoms with Gasteiger partial charge >= 0.3 is 5.97 Å². The lowest BCUT2D eigenvalue weighted by atomic mass is 10.1. The van der Waals surface area contributed by atoms with Crippen molar-refractivity contribution in [3.05, 3.63) is 17.0 Å². The Bertz CT molecular complexity index is 586. The summed E-state index contributed by atoms with van der Waals surface area (Å²) in [4.78, 5) is 13.0. The number of hydrogen-bond acceptors (Lipinski definition) is 5. The molecule has 8 heteroatoms. The third-order valence-corrected chi connectivity index (χ3v) is 6.98. The number of hydrogen-bond donors (Lipinski definition) is 1. The minimum absolute atomic E-state index is 0.0479. The standard InChI is InChI=1S/C12H18N2O4S2/c1-13(2)9-5-7-14(8-6-9)20(17,18)11-4-3-10(19-11)12(15)16/h3-4,9H,5-8H2,1-2H3,(H,15,16). The molecule has 0 saturated carbocycles. The smallest absolute Gasteiger partial charge is 0.345 e. The topological polar surface area (TPSA) is 77.9 Å². The molecule has 6 nitrogen and oxygen atoms in total. The van der Waals surface area contributed by atoms with Gasteiger partial charge in [-0.25, -0.2) is 13.2 Å². The van der Waals surface area contributed by atoms with Crippen LogP contribution in [-0.4, -0.2) is 61.9 Å². The van der Waals surface area contributed by atoms with Crippen LogP contribution in [-0.2, 0) is 10.0 Å². The number of piperidine rings is 1. The van der Waals surface area contributed by atoms with E-state index in [-0.39, 0.29) is 9.09 Å². The molecule has 20 heavy (non-hydrogen) atoms. The zero-order chi connectivity index (χ0) is 14.9. The van der Waals surface area contributed by atoms with Gasteiger partial charge in [0, 0.05) is 19.1 Å². The normalized spacial score (nSPS) is 18.6. The van der Waals surface area contributed by atoms with Gasteiger partial charge in [0.15, 0.2) is 0 Å². The predicted octanol–water partition coefficient (Wildman–Crippen LogP) is 1.16. The first kappa shape index (κ1) is 15.4. The summed E-state index contributed by atoms with van der Waals surface area (Å²) in [7, 11) is 0.433. The van der Waals surface area contributed by atoms with Gasteiger partial charge in [0.25, 0.3) is 10.0 Å². The number of rotatable bonds is 4. The third-order valence-electron chi connectivity index (χ3n) is 3.54. The van der Waals surface area contributed by atoms with Crippen molar-refractivity contribution in [3.8, 4) is 0 Å². The van der Waals surface area contributed by atoms with E-state index in [1.807, 2.05) is 14.1 Å². The van der Waals surface area contributed by atoms with Crippen LogP contribution in [0.3, 0.4) is 0 Å². The summed E-state index contributed by atoms with van der Waals surface area (Å²) in [6.07, 6.45) is 1.59. The number of carboxylic acids is 1.